The minimum atomic E-state index is 0.158. The molecule has 0 spiro atoms. The third-order valence-corrected chi connectivity index (χ3v) is 4.67. The molecule has 0 bridgehead atoms. The Balaban J connectivity index is 1.95. The van der Waals surface area contributed by atoms with Gasteiger partial charge in [-0.25, -0.2) is 0 Å². The van der Waals surface area contributed by atoms with Gasteiger partial charge in [0, 0.05) is 19.4 Å². The highest BCUT2D eigenvalue weighted by atomic mass is 32.1. The summed E-state index contributed by atoms with van der Waals surface area (Å²) in [5, 5.41) is 10.1. The van der Waals surface area contributed by atoms with Gasteiger partial charge >= 0.3 is 0 Å². The number of aryl methyl sites for hydroxylation is 1. The summed E-state index contributed by atoms with van der Waals surface area (Å²) in [5.74, 6) is 1.27. The highest BCUT2D eigenvalue weighted by Gasteiger charge is 2.31. The first-order valence-corrected chi connectivity index (χ1v) is 7.93. The van der Waals surface area contributed by atoms with E-state index in [-0.39, 0.29) is 5.91 Å². The van der Waals surface area contributed by atoms with Crippen LogP contribution in [0.3, 0.4) is 0 Å². The van der Waals surface area contributed by atoms with E-state index in [9.17, 15) is 4.79 Å². The SMILES string of the molecule is CCCCCc1nnc(N2CC(CS)CC2=O)s1. The van der Waals surface area contributed by atoms with E-state index < -0.39 is 0 Å². The second kappa shape index (κ2) is 6.52. The van der Waals surface area contributed by atoms with E-state index in [4.69, 9.17) is 0 Å². The van der Waals surface area contributed by atoms with E-state index in [0.717, 1.165) is 35.3 Å². The first-order chi connectivity index (χ1) is 8.74. The van der Waals surface area contributed by atoms with Crippen LogP contribution in [0.2, 0.25) is 0 Å². The number of carbonyl (C=O) groups excluding carboxylic acids is 1. The maximum absolute atomic E-state index is 11.8. The average molecular weight is 285 g/mol. The Morgan fingerprint density at radius 3 is 2.94 bits per heavy atom. The maximum Gasteiger partial charge on any atom is 0.229 e. The van der Waals surface area contributed by atoms with Crippen molar-refractivity contribution in [1.82, 2.24) is 10.2 Å². The fourth-order valence-corrected chi connectivity index (χ4v) is 3.22. The lowest BCUT2D eigenvalue weighted by Crippen LogP contribution is -2.24. The van der Waals surface area contributed by atoms with E-state index in [2.05, 4.69) is 29.7 Å². The van der Waals surface area contributed by atoms with Crippen LogP contribution in [0.5, 0.6) is 0 Å². The molecule has 1 atom stereocenters. The zero-order valence-corrected chi connectivity index (χ0v) is 12.3. The second-order valence-electron chi connectivity index (χ2n) is 4.69. The van der Waals surface area contributed by atoms with Gasteiger partial charge in [-0.1, -0.05) is 31.1 Å². The molecule has 6 heteroatoms. The molecule has 4 nitrogen and oxygen atoms in total. The van der Waals surface area contributed by atoms with Crippen molar-refractivity contribution in [2.45, 2.75) is 39.0 Å². The molecule has 0 aromatic carbocycles. The number of anilines is 1. The smallest absolute Gasteiger partial charge is 0.229 e. The Kier molecular flexibility index (Phi) is 5.00. The van der Waals surface area contributed by atoms with Gasteiger partial charge in [-0.3, -0.25) is 9.69 Å². The van der Waals surface area contributed by atoms with Gasteiger partial charge in [0.25, 0.3) is 0 Å². The molecule has 0 radical (unpaired) electrons. The standard InChI is InChI=1S/C12H19N3OS2/c1-2-3-4-5-10-13-14-12(18-10)15-7-9(8-17)6-11(15)16/h9,17H,2-8H2,1H3. The van der Waals surface area contributed by atoms with E-state index >= 15 is 0 Å². The van der Waals surface area contributed by atoms with Crippen LogP contribution in [0.4, 0.5) is 5.13 Å². The van der Waals surface area contributed by atoms with Crippen molar-refractivity contribution in [2.24, 2.45) is 5.92 Å². The largest absolute Gasteiger partial charge is 0.286 e. The molecule has 1 fully saturated rings. The summed E-state index contributed by atoms with van der Waals surface area (Å²) in [6, 6.07) is 0. The first-order valence-electron chi connectivity index (χ1n) is 6.48. The molecule has 2 heterocycles. The van der Waals surface area contributed by atoms with Crippen molar-refractivity contribution in [3.05, 3.63) is 5.01 Å². The fraction of sp³-hybridized carbons (Fsp3) is 0.750. The molecule has 1 saturated heterocycles. The first kappa shape index (κ1) is 13.8. The molecular formula is C12H19N3OS2. The molecule has 1 aliphatic heterocycles. The summed E-state index contributed by atoms with van der Waals surface area (Å²) in [6.45, 7) is 2.93. The van der Waals surface area contributed by atoms with Crippen LogP contribution in [0.25, 0.3) is 0 Å². The lowest BCUT2D eigenvalue weighted by Gasteiger charge is -2.10. The van der Waals surface area contributed by atoms with Gasteiger partial charge in [0.05, 0.1) is 0 Å². The minimum absolute atomic E-state index is 0.158. The topological polar surface area (TPSA) is 46.1 Å². The summed E-state index contributed by atoms with van der Waals surface area (Å²) in [5.41, 5.74) is 0. The summed E-state index contributed by atoms with van der Waals surface area (Å²) in [7, 11) is 0. The van der Waals surface area contributed by atoms with Gasteiger partial charge < -0.3 is 0 Å². The zero-order chi connectivity index (χ0) is 13.0. The molecule has 0 aliphatic carbocycles. The molecule has 1 aliphatic rings. The van der Waals surface area contributed by atoms with Crippen LogP contribution in [0.1, 0.15) is 37.6 Å². The summed E-state index contributed by atoms with van der Waals surface area (Å²) in [4.78, 5) is 13.6. The molecule has 100 valence electrons. The molecule has 18 heavy (non-hydrogen) atoms. The molecule has 1 aromatic rings. The summed E-state index contributed by atoms with van der Waals surface area (Å²) < 4.78 is 0. The van der Waals surface area contributed by atoms with Gasteiger partial charge in [-0.05, 0) is 18.1 Å². The van der Waals surface area contributed by atoms with Gasteiger partial charge in [0.15, 0.2) is 0 Å². The van der Waals surface area contributed by atoms with Crippen molar-refractivity contribution >= 4 is 35.0 Å². The number of nitrogens with zero attached hydrogens (tertiary/aromatic N) is 3. The van der Waals surface area contributed by atoms with Gasteiger partial charge in [0.1, 0.15) is 5.01 Å². The van der Waals surface area contributed by atoms with Gasteiger partial charge in [-0.2, -0.15) is 12.6 Å². The number of hydrogen-bond donors (Lipinski definition) is 1. The van der Waals surface area contributed by atoms with Crippen LogP contribution < -0.4 is 4.90 Å². The van der Waals surface area contributed by atoms with E-state index in [1.807, 2.05) is 0 Å². The average Bonchev–Trinajstić information content (AvgIpc) is 2.96. The van der Waals surface area contributed by atoms with Crippen LogP contribution >= 0.6 is 24.0 Å². The molecule has 2 rings (SSSR count). The number of unbranched alkanes of at least 4 members (excludes halogenated alkanes) is 2. The minimum Gasteiger partial charge on any atom is -0.286 e. The van der Waals surface area contributed by atoms with Gasteiger partial charge in [0.2, 0.25) is 11.0 Å². The number of thiol groups is 1. The lowest BCUT2D eigenvalue weighted by molar-refractivity contribution is -0.117. The number of amides is 1. The predicted octanol–water partition coefficient (Wildman–Crippen LogP) is 2.55. The van der Waals surface area contributed by atoms with Crippen LogP contribution in [0, 0.1) is 5.92 Å². The van der Waals surface area contributed by atoms with Crippen molar-refractivity contribution < 1.29 is 4.79 Å². The third kappa shape index (κ3) is 3.23. The predicted molar refractivity (Wildman–Crippen MR) is 77.5 cm³/mol. The van der Waals surface area contributed by atoms with Crippen molar-refractivity contribution in [2.75, 3.05) is 17.2 Å². The normalized spacial score (nSPS) is 19.8. The maximum atomic E-state index is 11.8. The molecule has 0 saturated carbocycles. The quantitative estimate of drug-likeness (QED) is 0.645. The Hall–Kier alpha value is -0.620. The molecule has 0 N–H and O–H groups in total. The number of rotatable bonds is 6. The molecule has 1 amide bonds. The third-order valence-electron chi connectivity index (χ3n) is 3.14. The van der Waals surface area contributed by atoms with E-state index in [0.29, 0.717) is 12.3 Å². The number of hydrogen-bond acceptors (Lipinski definition) is 5. The second-order valence-corrected chi connectivity index (χ2v) is 6.10. The Bertz CT molecular complexity index is 408. The van der Waals surface area contributed by atoms with Crippen molar-refractivity contribution in [3.8, 4) is 0 Å². The highest BCUT2D eigenvalue weighted by Crippen LogP contribution is 2.28. The van der Waals surface area contributed by atoms with Gasteiger partial charge in [-0.15, -0.1) is 10.2 Å². The Labute approximate surface area is 117 Å². The number of aromatic nitrogens is 2. The highest BCUT2D eigenvalue weighted by molar-refractivity contribution is 7.80. The van der Waals surface area contributed by atoms with Crippen molar-refractivity contribution in [1.29, 1.82) is 0 Å². The van der Waals surface area contributed by atoms with E-state index in [1.54, 1.807) is 16.2 Å². The molecule has 1 unspecified atom stereocenters. The Morgan fingerprint density at radius 2 is 2.28 bits per heavy atom. The van der Waals surface area contributed by atoms with Crippen LogP contribution in [-0.2, 0) is 11.2 Å². The monoisotopic (exact) mass is 285 g/mol. The van der Waals surface area contributed by atoms with Crippen LogP contribution in [0.15, 0.2) is 0 Å². The lowest BCUT2D eigenvalue weighted by atomic mass is 10.1. The number of carbonyl (C=O) groups is 1. The van der Waals surface area contributed by atoms with E-state index in [1.165, 1.54) is 12.8 Å². The molecule has 1 aromatic heterocycles. The summed E-state index contributed by atoms with van der Waals surface area (Å²) >= 11 is 5.81. The Morgan fingerprint density at radius 1 is 1.44 bits per heavy atom. The summed E-state index contributed by atoms with van der Waals surface area (Å²) in [6.07, 6.45) is 5.15. The van der Waals surface area contributed by atoms with Crippen LogP contribution in [-0.4, -0.2) is 28.4 Å². The zero-order valence-electron chi connectivity index (χ0n) is 10.6. The van der Waals surface area contributed by atoms with Crippen molar-refractivity contribution in [3.63, 3.8) is 0 Å². The molecular weight excluding hydrogens is 266 g/mol. The fourth-order valence-electron chi connectivity index (χ4n) is 2.07.